The van der Waals surface area contributed by atoms with Gasteiger partial charge in [0.2, 0.25) is 10.0 Å². The monoisotopic (exact) mass is 352 g/mol. The number of primary sulfonamides is 1. The molecule has 1 aromatic carbocycles. The van der Waals surface area contributed by atoms with Gasteiger partial charge in [0.05, 0.1) is 20.5 Å². The third kappa shape index (κ3) is 4.85. The lowest BCUT2D eigenvalue weighted by molar-refractivity contribution is 0.0909. The average Bonchev–Trinajstić information content (AvgIpc) is 2.29. The van der Waals surface area contributed by atoms with Crippen LogP contribution in [0.5, 0.6) is 0 Å². The van der Waals surface area contributed by atoms with Gasteiger partial charge in [-0.15, -0.1) is 0 Å². The standard InChI is InChI=1S/C13H18Cl2N2O3S/c1-4-5-13(2,3)17-12(18)9-6-8(21(16,19)20)7-10(14)11(9)15/h6-7H,4-5H2,1-3H3,(H,17,18)(H2,16,19,20). The fourth-order valence-corrected chi connectivity index (χ4v) is 3.00. The number of hydrogen-bond donors (Lipinski definition) is 2. The molecule has 0 fully saturated rings. The minimum atomic E-state index is -3.98. The van der Waals surface area contributed by atoms with E-state index >= 15 is 0 Å². The Kier molecular flexibility index (Phi) is 5.66. The zero-order valence-electron chi connectivity index (χ0n) is 12.0. The number of nitrogens with two attached hydrogens (primary N) is 1. The summed E-state index contributed by atoms with van der Waals surface area (Å²) in [5.41, 5.74) is -0.462. The van der Waals surface area contributed by atoms with Gasteiger partial charge in [-0.25, -0.2) is 13.6 Å². The quantitative estimate of drug-likeness (QED) is 0.853. The van der Waals surface area contributed by atoms with Crippen molar-refractivity contribution < 1.29 is 13.2 Å². The number of nitrogens with one attached hydrogen (secondary N) is 1. The topological polar surface area (TPSA) is 89.3 Å². The number of carbonyl (C=O) groups excluding carboxylic acids is 1. The van der Waals surface area contributed by atoms with Crippen molar-refractivity contribution in [3.8, 4) is 0 Å². The van der Waals surface area contributed by atoms with Crippen molar-refractivity contribution in [3.05, 3.63) is 27.7 Å². The minimum Gasteiger partial charge on any atom is -0.347 e. The fourth-order valence-electron chi connectivity index (χ4n) is 1.96. The van der Waals surface area contributed by atoms with E-state index in [1.165, 1.54) is 0 Å². The average molecular weight is 353 g/mol. The van der Waals surface area contributed by atoms with E-state index in [1.807, 2.05) is 20.8 Å². The van der Waals surface area contributed by atoms with Crippen LogP contribution in [0.25, 0.3) is 0 Å². The molecule has 1 amide bonds. The first-order chi connectivity index (χ1) is 9.48. The molecule has 0 aliphatic rings. The van der Waals surface area contributed by atoms with Gasteiger partial charge in [0.25, 0.3) is 5.91 Å². The van der Waals surface area contributed by atoms with Crippen LogP contribution in [0.1, 0.15) is 44.0 Å². The summed E-state index contributed by atoms with van der Waals surface area (Å²) >= 11 is 11.9. The highest BCUT2D eigenvalue weighted by atomic mass is 35.5. The van der Waals surface area contributed by atoms with Gasteiger partial charge in [0.1, 0.15) is 0 Å². The molecule has 5 nitrogen and oxygen atoms in total. The molecular formula is C13H18Cl2N2O3S. The van der Waals surface area contributed by atoms with E-state index in [0.717, 1.165) is 25.0 Å². The Morgan fingerprint density at radius 2 is 1.90 bits per heavy atom. The number of rotatable bonds is 5. The summed E-state index contributed by atoms with van der Waals surface area (Å²) in [6.07, 6.45) is 1.65. The van der Waals surface area contributed by atoms with Crippen molar-refractivity contribution in [2.24, 2.45) is 5.14 Å². The molecule has 0 aromatic heterocycles. The van der Waals surface area contributed by atoms with Crippen molar-refractivity contribution in [1.82, 2.24) is 5.32 Å². The lowest BCUT2D eigenvalue weighted by atomic mass is 9.98. The maximum Gasteiger partial charge on any atom is 0.253 e. The van der Waals surface area contributed by atoms with E-state index in [4.69, 9.17) is 28.3 Å². The summed E-state index contributed by atoms with van der Waals surface area (Å²) in [7, 11) is -3.98. The van der Waals surface area contributed by atoms with Crippen molar-refractivity contribution in [3.63, 3.8) is 0 Å². The number of carbonyl (C=O) groups is 1. The Labute approximate surface area is 134 Å². The largest absolute Gasteiger partial charge is 0.347 e. The lowest BCUT2D eigenvalue weighted by Crippen LogP contribution is -2.43. The second-order valence-corrected chi connectivity index (χ2v) is 7.75. The van der Waals surface area contributed by atoms with Gasteiger partial charge in [0.15, 0.2) is 0 Å². The zero-order valence-corrected chi connectivity index (χ0v) is 14.4. The van der Waals surface area contributed by atoms with E-state index in [2.05, 4.69) is 5.32 Å². The first-order valence-corrected chi connectivity index (χ1v) is 8.62. The van der Waals surface area contributed by atoms with Gasteiger partial charge in [-0.2, -0.15) is 0 Å². The molecule has 1 rings (SSSR count). The highest BCUT2D eigenvalue weighted by Gasteiger charge is 2.24. The van der Waals surface area contributed by atoms with E-state index in [9.17, 15) is 13.2 Å². The van der Waals surface area contributed by atoms with Crippen LogP contribution < -0.4 is 10.5 Å². The first-order valence-electron chi connectivity index (χ1n) is 6.32. The Morgan fingerprint density at radius 3 is 2.38 bits per heavy atom. The number of hydrogen-bond acceptors (Lipinski definition) is 3. The molecule has 0 radical (unpaired) electrons. The summed E-state index contributed by atoms with van der Waals surface area (Å²) in [5.74, 6) is -0.495. The van der Waals surface area contributed by atoms with Crippen LogP contribution in [0.15, 0.2) is 17.0 Å². The molecule has 8 heteroatoms. The van der Waals surface area contributed by atoms with Gasteiger partial charge in [0, 0.05) is 5.54 Å². The van der Waals surface area contributed by atoms with Crippen molar-refractivity contribution in [2.75, 3.05) is 0 Å². The summed E-state index contributed by atoms with van der Waals surface area (Å²) in [4.78, 5) is 12.0. The van der Waals surface area contributed by atoms with Crippen LogP contribution in [0.4, 0.5) is 0 Å². The molecule has 0 saturated carbocycles. The SMILES string of the molecule is CCCC(C)(C)NC(=O)c1cc(S(N)(=O)=O)cc(Cl)c1Cl. The molecule has 0 heterocycles. The molecule has 3 N–H and O–H groups in total. The van der Waals surface area contributed by atoms with Gasteiger partial charge < -0.3 is 5.32 Å². The van der Waals surface area contributed by atoms with Crippen molar-refractivity contribution >= 4 is 39.1 Å². The summed E-state index contributed by atoms with van der Waals surface area (Å²) < 4.78 is 22.8. The number of sulfonamides is 1. The molecule has 1 aromatic rings. The molecule has 0 bridgehead atoms. The van der Waals surface area contributed by atoms with Crippen LogP contribution >= 0.6 is 23.2 Å². The molecule has 0 unspecified atom stereocenters. The minimum absolute atomic E-state index is 0.00568. The molecule has 0 atom stereocenters. The Balaban J connectivity index is 3.24. The third-order valence-electron chi connectivity index (χ3n) is 2.90. The van der Waals surface area contributed by atoms with Crippen LogP contribution in [0.2, 0.25) is 10.0 Å². The molecule has 0 spiro atoms. The van der Waals surface area contributed by atoms with Crippen LogP contribution in [-0.2, 0) is 10.0 Å². The first kappa shape index (κ1) is 18.2. The molecule has 0 saturated heterocycles. The smallest absolute Gasteiger partial charge is 0.253 e. The summed E-state index contributed by atoms with van der Waals surface area (Å²) in [6, 6.07) is 2.24. The maximum atomic E-state index is 12.3. The molecule has 118 valence electrons. The fraction of sp³-hybridized carbons (Fsp3) is 0.462. The predicted octanol–water partition coefficient (Wildman–Crippen LogP) is 2.95. The lowest BCUT2D eigenvalue weighted by Gasteiger charge is -2.26. The number of halogens is 2. The van der Waals surface area contributed by atoms with Crippen molar-refractivity contribution in [1.29, 1.82) is 0 Å². The van der Waals surface area contributed by atoms with Crippen LogP contribution in [0, 0.1) is 0 Å². The highest BCUT2D eigenvalue weighted by molar-refractivity contribution is 7.89. The van der Waals surface area contributed by atoms with E-state index < -0.39 is 21.5 Å². The zero-order chi connectivity index (χ0) is 16.4. The van der Waals surface area contributed by atoms with Gasteiger partial charge in [-0.1, -0.05) is 36.5 Å². The summed E-state index contributed by atoms with van der Waals surface area (Å²) in [6.45, 7) is 5.74. The Hall–Kier alpha value is -0.820. The maximum absolute atomic E-state index is 12.3. The van der Waals surface area contributed by atoms with Gasteiger partial charge >= 0.3 is 0 Å². The molecule has 0 aliphatic heterocycles. The van der Waals surface area contributed by atoms with E-state index in [1.54, 1.807) is 0 Å². The predicted molar refractivity (Wildman–Crippen MR) is 84.3 cm³/mol. The normalized spacial score (nSPS) is 12.3. The van der Waals surface area contributed by atoms with Gasteiger partial charge in [-0.3, -0.25) is 4.79 Å². The number of amides is 1. The highest BCUT2D eigenvalue weighted by Crippen LogP contribution is 2.29. The molecular weight excluding hydrogens is 335 g/mol. The van der Waals surface area contributed by atoms with E-state index in [-0.39, 0.29) is 20.5 Å². The Morgan fingerprint density at radius 1 is 1.33 bits per heavy atom. The number of benzene rings is 1. The second-order valence-electron chi connectivity index (χ2n) is 5.40. The van der Waals surface area contributed by atoms with Crippen LogP contribution in [-0.4, -0.2) is 19.9 Å². The third-order valence-corrected chi connectivity index (χ3v) is 4.60. The van der Waals surface area contributed by atoms with Crippen LogP contribution in [0.3, 0.4) is 0 Å². The Bertz CT molecular complexity index is 658. The van der Waals surface area contributed by atoms with Crippen molar-refractivity contribution in [2.45, 2.75) is 44.0 Å². The van der Waals surface area contributed by atoms with E-state index in [0.29, 0.717) is 0 Å². The molecule has 21 heavy (non-hydrogen) atoms. The summed E-state index contributed by atoms with van der Waals surface area (Å²) in [5, 5.41) is 7.82. The second kappa shape index (κ2) is 6.52. The molecule has 0 aliphatic carbocycles. The van der Waals surface area contributed by atoms with Gasteiger partial charge in [-0.05, 0) is 32.4 Å².